The van der Waals surface area contributed by atoms with Crippen molar-refractivity contribution in [2.24, 2.45) is 0 Å². The van der Waals surface area contributed by atoms with Gasteiger partial charge in [-0.2, -0.15) is 0 Å². The molecule has 0 saturated heterocycles. The maximum Gasteiger partial charge on any atom is 0.309 e. The van der Waals surface area contributed by atoms with Crippen molar-refractivity contribution in [2.75, 3.05) is 0 Å². The van der Waals surface area contributed by atoms with Crippen molar-refractivity contribution in [3.63, 3.8) is 0 Å². The van der Waals surface area contributed by atoms with Crippen LogP contribution in [0.15, 0.2) is 28.7 Å². The van der Waals surface area contributed by atoms with Gasteiger partial charge in [0.2, 0.25) is 0 Å². The van der Waals surface area contributed by atoms with Crippen LogP contribution >= 0.6 is 15.9 Å². The molecule has 1 aromatic heterocycles. The predicted molar refractivity (Wildman–Crippen MR) is 71.6 cm³/mol. The van der Waals surface area contributed by atoms with E-state index < -0.39 is 5.97 Å². The molecule has 0 aliphatic carbocycles. The molecule has 0 radical (unpaired) electrons. The number of aliphatic carboxylic acids is 1. The quantitative estimate of drug-likeness (QED) is 0.912. The van der Waals surface area contributed by atoms with Gasteiger partial charge in [-0.25, -0.2) is 4.98 Å². The molecule has 18 heavy (non-hydrogen) atoms. The van der Waals surface area contributed by atoms with Crippen LogP contribution < -0.4 is 0 Å². The van der Waals surface area contributed by atoms with Crippen molar-refractivity contribution in [1.29, 1.82) is 0 Å². The van der Waals surface area contributed by atoms with E-state index in [1.165, 1.54) is 0 Å². The van der Waals surface area contributed by atoms with Crippen LogP contribution in [-0.4, -0.2) is 21.0 Å². The van der Waals surface area contributed by atoms with E-state index in [4.69, 9.17) is 5.11 Å². The van der Waals surface area contributed by atoms with Crippen LogP contribution in [0.2, 0.25) is 0 Å². The van der Waals surface area contributed by atoms with Gasteiger partial charge in [0.1, 0.15) is 5.82 Å². The molecule has 2 aromatic rings. The van der Waals surface area contributed by atoms with Gasteiger partial charge >= 0.3 is 5.97 Å². The van der Waals surface area contributed by atoms with Gasteiger partial charge < -0.3 is 10.1 Å². The summed E-state index contributed by atoms with van der Waals surface area (Å²) in [6.07, 6.45) is 0.626. The fourth-order valence-electron chi connectivity index (χ4n) is 1.80. The van der Waals surface area contributed by atoms with Gasteiger partial charge in [-0.1, -0.05) is 28.1 Å². The van der Waals surface area contributed by atoms with E-state index in [-0.39, 0.29) is 6.42 Å². The third-order valence-electron chi connectivity index (χ3n) is 2.61. The highest BCUT2D eigenvalue weighted by Gasteiger charge is 2.10. The predicted octanol–water partition coefficient (Wildman–Crippen LogP) is 2.70. The maximum absolute atomic E-state index is 10.7. The summed E-state index contributed by atoms with van der Waals surface area (Å²) < 4.78 is 1.02. The molecule has 0 fully saturated rings. The summed E-state index contributed by atoms with van der Waals surface area (Å²) in [6, 6.07) is 7.97. The van der Waals surface area contributed by atoms with Crippen LogP contribution in [0.4, 0.5) is 0 Å². The molecule has 0 spiro atoms. The third-order valence-corrected chi connectivity index (χ3v) is 3.11. The Bertz CT molecular complexity index is 578. The highest BCUT2D eigenvalue weighted by atomic mass is 79.9. The number of rotatable bonds is 4. The van der Waals surface area contributed by atoms with Crippen molar-refractivity contribution < 1.29 is 9.90 Å². The van der Waals surface area contributed by atoms with Gasteiger partial charge in [-0.05, 0) is 24.6 Å². The van der Waals surface area contributed by atoms with Crippen molar-refractivity contribution in [3.8, 4) is 0 Å². The van der Waals surface area contributed by atoms with E-state index in [2.05, 4.69) is 25.9 Å². The monoisotopic (exact) mass is 308 g/mol. The lowest BCUT2D eigenvalue weighted by atomic mass is 10.1. The normalized spacial score (nSPS) is 10.6. The first-order valence-corrected chi connectivity index (χ1v) is 6.34. The number of carboxylic acid groups (broad SMARTS) is 1. The SMILES string of the molecule is Cc1[nH]c(Cc2cccc(Br)c2)nc1CC(=O)O. The lowest BCUT2D eigenvalue weighted by Gasteiger charge is -1.98. The second kappa shape index (κ2) is 5.35. The number of hydrogen-bond donors (Lipinski definition) is 2. The van der Waals surface area contributed by atoms with Gasteiger partial charge in [-0.3, -0.25) is 4.79 Å². The first kappa shape index (κ1) is 12.8. The zero-order valence-electron chi connectivity index (χ0n) is 9.90. The Morgan fingerprint density at radius 3 is 2.94 bits per heavy atom. The van der Waals surface area contributed by atoms with Crippen LogP contribution in [0.5, 0.6) is 0 Å². The second-order valence-corrected chi connectivity index (χ2v) is 5.05. The fourth-order valence-corrected chi connectivity index (χ4v) is 2.25. The Hall–Kier alpha value is -1.62. The molecule has 0 aliphatic heterocycles. The molecule has 1 heterocycles. The standard InChI is InChI=1S/C13H13BrN2O2/c1-8-11(7-13(17)18)16-12(15-8)6-9-3-2-4-10(14)5-9/h2-5H,6-7H2,1H3,(H,15,16)(H,17,18). The summed E-state index contributed by atoms with van der Waals surface area (Å²) >= 11 is 3.42. The zero-order valence-corrected chi connectivity index (χ0v) is 11.5. The van der Waals surface area contributed by atoms with Gasteiger partial charge in [0.25, 0.3) is 0 Å². The van der Waals surface area contributed by atoms with Crippen molar-refractivity contribution in [3.05, 3.63) is 51.5 Å². The molecule has 0 saturated carbocycles. The summed E-state index contributed by atoms with van der Waals surface area (Å²) in [7, 11) is 0. The molecule has 0 aliphatic rings. The Kier molecular flexibility index (Phi) is 3.81. The van der Waals surface area contributed by atoms with Crippen LogP contribution in [0.25, 0.3) is 0 Å². The first-order valence-electron chi connectivity index (χ1n) is 5.55. The van der Waals surface area contributed by atoms with E-state index in [0.29, 0.717) is 12.1 Å². The van der Waals surface area contributed by atoms with Gasteiger partial charge in [0.05, 0.1) is 12.1 Å². The van der Waals surface area contributed by atoms with Gasteiger partial charge in [-0.15, -0.1) is 0 Å². The average molecular weight is 309 g/mol. The molecule has 0 bridgehead atoms. The molecule has 2 rings (SSSR count). The molecule has 0 unspecified atom stereocenters. The van der Waals surface area contributed by atoms with Gasteiger partial charge in [0, 0.05) is 16.6 Å². The van der Waals surface area contributed by atoms with Crippen LogP contribution in [0, 0.1) is 6.92 Å². The second-order valence-electron chi connectivity index (χ2n) is 4.13. The fraction of sp³-hybridized carbons (Fsp3) is 0.231. The Morgan fingerprint density at radius 1 is 1.50 bits per heavy atom. The summed E-state index contributed by atoms with van der Waals surface area (Å²) in [6.45, 7) is 1.84. The molecule has 0 amide bonds. The zero-order chi connectivity index (χ0) is 13.1. The molecule has 4 nitrogen and oxygen atoms in total. The number of nitrogens with zero attached hydrogens (tertiary/aromatic N) is 1. The molecule has 5 heteroatoms. The Balaban J connectivity index is 2.17. The van der Waals surface area contributed by atoms with Crippen LogP contribution in [0.1, 0.15) is 22.8 Å². The average Bonchev–Trinajstić information content (AvgIpc) is 2.58. The third kappa shape index (κ3) is 3.20. The van der Waals surface area contributed by atoms with Crippen molar-refractivity contribution in [2.45, 2.75) is 19.8 Å². The molecule has 2 N–H and O–H groups in total. The number of aromatic amines is 1. The lowest BCUT2D eigenvalue weighted by molar-refractivity contribution is -0.136. The van der Waals surface area contributed by atoms with E-state index in [1.807, 2.05) is 31.2 Å². The number of hydrogen-bond acceptors (Lipinski definition) is 2. The number of H-pyrrole nitrogens is 1. The van der Waals surface area contributed by atoms with E-state index in [1.54, 1.807) is 0 Å². The first-order chi connectivity index (χ1) is 8.54. The van der Waals surface area contributed by atoms with Crippen molar-refractivity contribution in [1.82, 2.24) is 9.97 Å². The highest BCUT2D eigenvalue weighted by Crippen LogP contribution is 2.15. The number of aryl methyl sites for hydroxylation is 1. The number of imidazole rings is 1. The number of carbonyl (C=O) groups is 1. The van der Waals surface area contributed by atoms with Crippen LogP contribution in [0.3, 0.4) is 0 Å². The van der Waals surface area contributed by atoms with E-state index in [9.17, 15) is 4.79 Å². The number of halogens is 1. The largest absolute Gasteiger partial charge is 0.481 e. The molecular formula is C13H13BrN2O2. The number of benzene rings is 1. The topological polar surface area (TPSA) is 66.0 Å². The summed E-state index contributed by atoms with van der Waals surface area (Å²) in [5.41, 5.74) is 2.55. The number of aromatic nitrogens is 2. The smallest absolute Gasteiger partial charge is 0.309 e. The van der Waals surface area contributed by atoms with Crippen molar-refractivity contribution >= 4 is 21.9 Å². The Labute approximate surface area is 113 Å². The Morgan fingerprint density at radius 2 is 2.28 bits per heavy atom. The number of nitrogens with one attached hydrogen (secondary N) is 1. The van der Waals surface area contributed by atoms with E-state index in [0.717, 1.165) is 21.6 Å². The minimum atomic E-state index is -0.862. The maximum atomic E-state index is 10.7. The minimum Gasteiger partial charge on any atom is -0.481 e. The summed E-state index contributed by atoms with van der Waals surface area (Å²) in [4.78, 5) is 18.1. The molecule has 0 atom stereocenters. The van der Waals surface area contributed by atoms with Crippen LogP contribution in [-0.2, 0) is 17.6 Å². The molecule has 1 aromatic carbocycles. The van der Waals surface area contributed by atoms with E-state index >= 15 is 0 Å². The minimum absolute atomic E-state index is 0.0409. The lowest BCUT2D eigenvalue weighted by Crippen LogP contribution is -2.01. The summed E-state index contributed by atoms with van der Waals surface area (Å²) in [5.74, 6) is -0.0690. The number of carboxylic acids is 1. The highest BCUT2D eigenvalue weighted by molar-refractivity contribution is 9.10. The molecular weight excluding hydrogens is 296 g/mol. The van der Waals surface area contributed by atoms with Gasteiger partial charge in [0.15, 0.2) is 0 Å². The molecule has 94 valence electrons. The summed E-state index contributed by atoms with van der Waals surface area (Å²) in [5, 5.41) is 8.77.